The van der Waals surface area contributed by atoms with E-state index in [1.54, 1.807) is 6.20 Å². The second kappa shape index (κ2) is 7.70. The zero-order valence-corrected chi connectivity index (χ0v) is 15.0. The molecule has 2 N–H and O–H groups in total. The molecule has 7 nitrogen and oxygen atoms in total. The molecule has 4 rings (SSSR count). The van der Waals surface area contributed by atoms with Gasteiger partial charge in [-0.3, -0.25) is 0 Å². The molecule has 0 amide bonds. The Kier molecular flexibility index (Phi) is 4.97. The summed E-state index contributed by atoms with van der Waals surface area (Å²) in [7, 11) is 0. The van der Waals surface area contributed by atoms with E-state index in [9.17, 15) is 0 Å². The van der Waals surface area contributed by atoms with Crippen LogP contribution in [0, 0.1) is 0 Å². The van der Waals surface area contributed by atoms with Crippen molar-refractivity contribution in [1.29, 1.82) is 0 Å². The molecule has 1 aliphatic rings. The van der Waals surface area contributed by atoms with Crippen LogP contribution < -0.4 is 15.4 Å². The van der Waals surface area contributed by atoms with E-state index in [2.05, 4.69) is 30.6 Å². The van der Waals surface area contributed by atoms with Gasteiger partial charge in [0.15, 0.2) is 5.82 Å². The van der Waals surface area contributed by atoms with Crippen LogP contribution in [0.15, 0.2) is 30.7 Å². The molecule has 8 heteroatoms. The molecular formula is C18H19ClN6O. The van der Waals surface area contributed by atoms with E-state index in [4.69, 9.17) is 16.3 Å². The highest BCUT2D eigenvalue weighted by atomic mass is 35.5. The van der Waals surface area contributed by atoms with E-state index in [0.717, 1.165) is 43.7 Å². The third kappa shape index (κ3) is 3.77. The molecule has 134 valence electrons. The first-order valence-electron chi connectivity index (χ1n) is 8.70. The van der Waals surface area contributed by atoms with Gasteiger partial charge in [-0.05, 0) is 31.0 Å². The molecule has 1 aromatic carbocycles. The highest BCUT2D eigenvalue weighted by Crippen LogP contribution is 2.32. The summed E-state index contributed by atoms with van der Waals surface area (Å²) in [5.74, 6) is 1.90. The minimum absolute atomic E-state index is 0.577. The fraction of sp³-hybridized carbons (Fsp3) is 0.333. The number of nitrogens with zero attached hydrogens (tertiary/aromatic N) is 4. The topological polar surface area (TPSA) is 84.9 Å². The monoisotopic (exact) mass is 370 g/mol. The zero-order valence-electron chi connectivity index (χ0n) is 14.2. The molecule has 0 atom stereocenters. The van der Waals surface area contributed by atoms with Gasteiger partial charge in [0.25, 0.3) is 0 Å². The van der Waals surface area contributed by atoms with Crippen LogP contribution in [0.1, 0.15) is 25.7 Å². The third-order valence-electron chi connectivity index (χ3n) is 4.18. The Hall–Kier alpha value is -2.67. The molecule has 3 heterocycles. The Bertz CT molecular complexity index is 919. The van der Waals surface area contributed by atoms with Crippen molar-refractivity contribution in [2.45, 2.75) is 25.7 Å². The van der Waals surface area contributed by atoms with Crippen LogP contribution in [0.3, 0.4) is 0 Å². The average molecular weight is 371 g/mol. The number of ether oxygens (including phenoxy) is 1. The Morgan fingerprint density at radius 3 is 2.92 bits per heavy atom. The Morgan fingerprint density at radius 1 is 1.04 bits per heavy atom. The maximum absolute atomic E-state index is 6.18. The van der Waals surface area contributed by atoms with E-state index in [0.29, 0.717) is 34.4 Å². The molecule has 0 aliphatic carbocycles. The van der Waals surface area contributed by atoms with Crippen molar-refractivity contribution >= 4 is 40.1 Å². The predicted molar refractivity (Wildman–Crippen MR) is 102 cm³/mol. The molecule has 26 heavy (non-hydrogen) atoms. The average Bonchev–Trinajstić information content (AvgIpc) is 2.65. The molecule has 0 saturated carbocycles. The van der Waals surface area contributed by atoms with Crippen LogP contribution in [-0.4, -0.2) is 33.1 Å². The normalized spacial score (nSPS) is 15.1. The van der Waals surface area contributed by atoms with Crippen LogP contribution in [0.2, 0.25) is 5.02 Å². The molecular weight excluding hydrogens is 352 g/mol. The lowest BCUT2D eigenvalue weighted by Gasteiger charge is -2.14. The van der Waals surface area contributed by atoms with Crippen LogP contribution in [0.5, 0.6) is 5.75 Å². The second-order valence-electron chi connectivity index (χ2n) is 6.10. The van der Waals surface area contributed by atoms with Gasteiger partial charge in [0, 0.05) is 11.6 Å². The quantitative estimate of drug-likeness (QED) is 0.613. The first kappa shape index (κ1) is 16.8. The highest BCUT2D eigenvalue weighted by Gasteiger charge is 2.12. The number of halogens is 1. The number of anilines is 3. The van der Waals surface area contributed by atoms with E-state index in [1.807, 2.05) is 18.2 Å². The maximum atomic E-state index is 6.18. The smallest absolute Gasteiger partial charge is 0.223 e. The summed E-state index contributed by atoms with van der Waals surface area (Å²) in [4.78, 5) is 17.5. The van der Waals surface area contributed by atoms with Gasteiger partial charge in [0.2, 0.25) is 5.95 Å². The zero-order chi connectivity index (χ0) is 17.8. The largest absolute Gasteiger partial charge is 0.491 e. The van der Waals surface area contributed by atoms with Gasteiger partial charge in [0.1, 0.15) is 23.1 Å². The molecule has 2 aromatic heterocycles. The number of nitrogens with one attached hydrogen (secondary N) is 2. The molecule has 0 saturated heterocycles. The lowest BCUT2D eigenvalue weighted by atomic mass is 10.2. The van der Waals surface area contributed by atoms with Crippen molar-refractivity contribution < 1.29 is 4.74 Å². The Morgan fingerprint density at radius 2 is 1.96 bits per heavy atom. The molecule has 2 bridgehead atoms. The summed E-state index contributed by atoms with van der Waals surface area (Å²) in [5.41, 5.74) is 2.06. The molecule has 0 fully saturated rings. The Balaban J connectivity index is 1.77. The van der Waals surface area contributed by atoms with Crippen LogP contribution in [0.25, 0.3) is 11.0 Å². The van der Waals surface area contributed by atoms with Gasteiger partial charge in [-0.25, -0.2) is 19.9 Å². The molecule has 0 unspecified atom stereocenters. The van der Waals surface area contributed by atoms with Gasteiger partial charge in [0.05, 0.1) is 18.5 Å². The molecule has 3 aromatic rings. The summed E-state index contributed by atoms with van der Waals surface area (Å²) in [6.07, 6.45) is 7.49. The van der Waals surface area contributed by atoms with Crippen molar-refractivity contribution in [2.75, 3.05) is 23.8 Å². The third-order valence-corrected chi connectivity index (χ3v) is 4.42. The number of aromatic nitrogens is 4. The number of benzene rings is 1. The summed E-state index contributed by atoms with van der Waals surface area (Å²) >= 11 is 6.18. The Labute approximate surface area is 156 Å². The van der Waals surface area contributed by atoms with Crippen molar-refractivity contribution in [3.05, 3.63) is 35.7 Å². The molecule has 0 spiro atoms. The van der Waals surface area contributed by atoms with E-state index >= 15 is 0 Å². The van der Waals surface area contributed by atoms with Crippen LogP contribution in [0.4, 0.5) is 17.5 Å². The lowest BCUT2D eigenvalue weighted by molar-refractivity contribution is 0.306. The molecule has 0 radical (unpaired) electrons. The van der Waals surface area contributed by atoms with Gasteiger partial charge in [-0.1, -0.05) is 24.4 Å². The lowest BCUT2D eigenvalue weighted by Crippen LogP contribution is -2.06. The van der Waals surface area contributed by atoms with E-state index in [-0.39, 0.29) is 0 Å². The fourth-order valence-electron chi connectivity index (χ4n) is 2.85. The van der Waals surface area contributed by atoms with Crippen molar-refractivity contribution in [3.63, 3.8) is 0 Å². The van der Waals surface area contributed by atoms with Crippen LogP contribution in [-0.2, 0) is 0 Å². The molecule has 1 aliphatic heterocycles. The minimum Gasteiger partial charge on any atom is -0.491 e. The minimum atomic E-state index is 0.577. The SMILES string of the molecule is Clc1ccc2c(c1)Nc1ncnc3cnc(nc13)NCCCCCCO2. The van der Waals surface area contributed by atoms with Gasteiger partial charge < -0.3 is 15.4 Å². The van der Waals surface area contributed by atoms with Crippen molar-refractivity contribution in [3.8, 4) is 5.75 Å². The fourth-order valence-corrected chi connectivity index (χ4v) is 3.02. The summed E-state index contributed by atoms with van der Waals surface area (Å²) in [6, 6.07) is 5.51. The second-order valence-corrected chi connectivity index (χ2v) is 6.54. The predicted octanol–water partition coefficient (Wildman–Crippen LogP) is 4.18. The van der Waals surface area contributed by atoms with Crippen molar-refractivity contribution in [2.24, 2.45) is 0 Å². The summed E-state index contributed by atoms with van der Waals surface area (Å²) in [5, 5.41) is 7.18. The first-order valence-corrected chi connectivity index (χ1v) is 9.08. The highest BCUT2D eigenvalue weighted by molar-refractivity contribution is 6.31. The van der Waals surface area contributed by atoms with Gasteiger partial charge >= 0.3 is 0 Å². The number of hydrogen-bond donors (Lipinski definition) is 2. The van der Waals surface area contributed by atoms with E-state index in [1.165, 1.54) is 6.33 Å². The van der Waals surface area contributed by atoms with E-state index < -0.39 is 0 Å². The first-order chi connectivity index (χ1) is 12.8. The van der Waals surface area contributed by atoms with Crippen LogP contribution >= 0.6 is 11.6 Å². The summed E-state index contributed by atoms with van der Waals surface area (Å²) < 4.78 is 5.96. The van der Waals surface area contributed by atoms with Gasteiger partial charge in [-0.2, -0.15) is 0 Å². The standard InChI is InChI=1S/C18H19ClN6O/c19-12-5-6-15-13(9-12)24-17-16-14(22-11-23-17)10-21-18(25-16)20-7-3-1-2-4-8-26-15/h5-6,9-11H,1-4,7-8H2,(H,20,21,25)(H,22,23,24). The van der Waals surface area contributed by atoms with Crippen molar-refractivity contribution in [1.82, 2.24) is 19.9 Å². The maximum Gasteiger partial charge on any atom is 0.223 e. The summed E-state index contributed by atoms with van der Waals surface area (Å²) in [6.45, 7) is 1.50. The number of hydrogen-bond acceptors (Lipinski definition) is 7. The number of rotatable bonds is 0. The van der Waals surface area contributed by atoms with Gasteiger partial charge in [-0.15, -0.1) is 0 Å². The number of fused-ring (bicyclic) bond motifs is 2.